The van der Waals surface area contributed by atoms with Gasteiger partial charge in [-0.3, -0.25) is 4.79 Å². The summed E-state index contributed by atoms with van der Waals surface area (Å²) in [5.41, 5.74) is 0. The van der Waals surface area contributed by atoms with Gasteiger partial charge in [0, 0.05) is 0 Å². The van der Waals surface area contributed by atoms with Crippen LogP contribution in [0.4, 0.5) is 22.0 Å². The molecule has 5 nitrogen and oxygen atoms in total. The average molecular weight is 364 g/mol. The van der Waals surface area contributed by atoms with E-state index in [2.05, 4.69) is 9.47 Å². The minimum Gasteiger partial charge on any atom is -0.460 e. The number of unbranched alkanes of at least 4 members (excludes halogenated alkanes) is 1. The van der Waals surface area contributed by atoms with E-state index in [-0.39, 0.29) is 0 Å². The van der Waals surface area contributed by atoms with Crippen molar-refractivity contribution in [3.05, 3.63) is 0 Å². The van der Waals surface area contributed by atoms with Gasteiger partial charge in [-0.1, -0.05) is 26.7 Å². The molecule has 0 saturated carbocycles. The molecule has 0 spiro atoms. The summed E-state index contributed by atoms with van der Waals surface area (Å²) in [5.74, 6) is -10.5. The first-order valence-corrected chi connectivity index (χ1v) is 7.61. The summed E-state index contributed by atoms with van der Waals surface area (Å²) in [4.78, 5) is 11.8. The Bertz CT molecular complexity index is 428. The summed E-state index contributed by atoms with van der Waals surface area (Å²) in [6.07, 6.45) is -5.05. The molecule has 1 fully saturated rings. The van der Waals surface area contributed by atoms with E-state index in [9.17, 15) is 31.9 Å². The molecule has 3 atom stereocenters. The molecule has 0 bridgehead atoms. The third-order valence-electron chi connectivity index (χ3n) is 3.73. The number of rotatable bonds is 7. The summed E-state index contributed by atoms with van der Waals surface area (Å²) in [6.45, 7) is 1.15. The molecule has 24 heavy (non-hydrogen) atoms. The quantitative estimate of drug-likeness (QED) is 0.556. The molecular formula is C14H21F5O5. The number of esters is 1. The van der Waals surface area contributed by atoms with Crippen LogP contribution in [0.15, 0.2) is 0 Å². The first kappa shape index (κ1) is 21.0. The first-order chi connectivity index (χ1) is 11.0. The van der Waals surface area contributed by atoms with Gasteiger partial charge >= 0.3 is 23.9 Å². The topological polar surface area (TPSA) is 65.0 Å². The summed E-state index contributed by atoms with van der Waals surface area (Å²) in [6, 6.07) is 0. The molecule has 1 N–H and O–H groups in total. The third-order valence-corrected chi connectivity index (χ3v) is 3.73. The van der Waals surface area contributed by atoms with Crippen LogP contribution in [0.2, 0.25) is 0 Å². The fourth-order valence-corrected chi connectivity index (χ4v) is 2.17. The number of aliphatic hydroxyl groups is 1. The SMILES string of the molecule is CCCCC(CC)C(=O)OCC1OCC(F)(F)C(O)(C(F)(F)F)O1. The lowest BCUT2D eigenvalue weighted by molar-refractivity contribution is -0.490. The van der Waals surface area contributed by atoms with Gasteiger partial charge in [0.2, 0.25) is 0 Å². The minimum atomic E-state index is -5.74. The van der Waals surface area contributed by atoms with Crippen LogP contribution in [0.1, 0.15) is 39.5 Å². The second kappa shape index (κ2) is 7.92. The fourth-order valence-electron chi connectivity index (χ4n) is 2.17. The molecule has 0 aliphatic carbocycles. The second-order valence-electron chi connectivity index (χ2n) is 5.58. The van der Waals surface area contributed by atoms with Crippen LogP contribution >= 0.6 is 0 Å². The van der Waals surface area contributed by atoms with Crippen molar-refractivity contribution in [2.24, 2.45) is 5.92 Å². The highest BCUT2D eigenvalue weighted by atomic mass is 19.4. The molecule has 10 heteroatoms. The van der Waals surface area contributed by atoms with E-state index in [1.807, 2.05) is 6.92 Å². The van der Waals surface area contributed by atoms with Gasteiger partial charge in [0.15, 0.2) is 6.29 Å². The Morgan fingerprint density at radius 2 is 2.00 bits per heavy atom. The van der Waals surface area contributed by atoms with Crippen LogP contribution in [0.25, 0.3) is 0 Å². The van der Waals surface area contributed by atoms with E-state index in [4.69, 9.17) is 4.74 Å². The number of carbonyl (C=O) groups is 1. The maximum atomic E-state index is 13.3. The number of alkyl halides is 5. The van der Waals surface area contributed by atoms with Crippen molar-refractivity contribution in [2.45, 2.75) is 63.7 Å². The molecule has 1 saturated heterocycles. The Morgan fingerprint density at radius 1 is 1.38 bits per heavy atom. The predicted molar refractivity (Wildman–Crippen MR) is 71.0 cm³/mol. The zero-order valence-corrected chi connectivity index (χ0v) is 13.4. The van der Waals surface area contributed by atoms with Gasteiger partial charge < -0.3 is 19.3 Å². The molecule has 1 aliphatic rings. The Labute approximate surface area is 136 Å². The molecule has 0 aromatic heterocycles. The van der Waals surface area contributed by atoms with E-state index in [0.29, 0.717) is 12.8 Å². The Kier molecular flexibility index (Phi) is 6.94. The maximum Gasteiger partial charge on any atom is 0.449 e. The van der Waals surface area contributed by atoms with Gasteiger partial charge in [0.25, 0.3) is 0 Å². The highest BCUT2D eigenvalue weighted by molar-refractivity contribution is 5.72. The molecule has 0 aromatic carbocycles. The second-order valence-corrected chi connectivity index (χ2v) is 5.58. The van der Waals surface area contributed by atoms with E-state index in [1.54, 1.807) is 6.92 Å². The zero-order chi connectivity index (χ0) is 18.6. The van der Waals surface area contributed by atoms with Crippen molar-refractivity contribution in [3.63, 3.8) is 0 Å². The van der Waals surface area contributed by atoms with Gasteiger partial charge in [0.05, 0.1) is 5.92 Å². The zero-order valence-electron chi connectivity index (χ0n) is 13.4. The molecule has 1 aliphatic heterocycles. The van der Waals surface area contributed by atoms with Crippen molar-refractivity contribution in [1.82, 2.24) is 0 Å². The molecule has 0 amide bonds. The number of carbonyl (C=O) groups excluding carboxylic acids is 1. The highest BCUT2D eigenvalue weighted by Gasteiger charge is 2.73. The van der Waals surface area contributed by atoms with E-state index in [1.165, 1.54) is 0 Å². The van der Waals surface area contributed by atoms with Crippen LogP contribution < -0.4 is 0 Å². The van der Waals surface area contributed by atoms with Gasteiger partial charge in [0.1, 0.15) is 13.2 Å². The van der Waals surface area contributed by atoms with Crippen LogP contribution in [-0.2, 0) is 19.0 Å². The van der Waals surface area contributed by atoms with Gasteiger partial charge in [-0.05, 0) is 12.8 Å². The number of halogens is 5. The van der Waals surface area contributed by atoms with Crippen LogP contribution in [0.5, 0.6) is 0 Å². The molecular weight excluding hydrogens is 343 g/mol. The molecule has 1 heterocycles. The average Bonchev–Trinajstić information content (AvgIpc) is 2.48. The van der Waals surface area contributed by atoms with Crippen LogP contribution in [0.3, 0.4) is 0 Å². The monoisotopic (exact) mass is 364 g/mol. The minimum absolute atomic E-state index is 0.448. The number of ether oxygens (including phenoxy) is 3. The molecule has 1 rings (SSSR count). The van der Waals surface area contributed by atoms with Gasteiger partial charge in [-0.15, -0.1) is 0 Å². The number of hydrogen-bond acceptors (Lipinski definition) is 5. The van der Waals surface area contributed by atoms with Gasteiger partial charge in [-0.2, -0.15) is 22.0 Å². The van der Waals surface area contributed by atoms with Crippen molar-refractivity contribution < 1.29 is 46.1 Å². The predicted octanol–water partition coefficient (Wildman–Crippen LogP) is 3.01. The Hall–Kier alpha value is -1.00. The Morgan fingerprint density at radius 3 is 2.50 bits per heavy atom. The van der Waals surface area contributed by atoms with Crippen molar-refractivity contribution in [3.8, 4) is 0 Å². The molecule has 142 valence electrons. The lowest BCUT2D eigenvalue weighted by Crippen LogP contribution is -2.67. The van der Waals surface area contributed by atoms with Gasteiger partial charge in [-0.25, -0.2) is 0 Å². The summed E-state index contributed by atoms with van der Waals surface area (Å²) >= 11 is 0. The lowest BCUT2D eigenvalue weighted by atomic mass is 10.00. The maximum absolute atomic E-state index is 13.3. The van der Waals surface area contributed by atoms with E-state index < -0.39 is 49.3 Å². The third kappa shape index (κ3) is 4.54. The smallest absolute Gasteiger partial charge is 0.449 e. The summed E-state index contributed by atoms with van der Waals surface area (Å²) < 4.78 is 77.9. The van der Waals surface area contributed by atoms with E-state index in [0.717, 1.165) is 12.8 Å². The standard InChI is InChI=1S/C14H21F5O5/c1-3-5-6-9(4-2)11(20)22-7-10-23-8-12(15,16)13(21,24-10)14(17,18)19/h9-10,21H,3-8H2,1-2H3. The normalized spacial score (nSPS) is 28.4. The lowest BCUT2D eigenvalue weighted by Gasteiger charge is -2.42. The fraction of sp³-hybridized carbons (Fsp3) is 0.929. The van der Waals surface area contributed by atoms with Crippen LogP contribution in [0, 0.1) is 5.92 Å². The number of hydrogen-bond donors (Lipinski definition) is 1. The summed E-state index contributed by atoms with van der Waals surface area (Å²) in [5, 5.41) is 9.23. The van der Waals surface area contributed by atoms with Crippen molar-refractivity contribution >= 4 is 5.97 Å². The highest BCUT2D eigenvalue weighted by Crippen LogP contribution is 2.46. The Balaban J connectivity index is 2.65. The van der Waals surface area contributed by atoms with E-state index >= 15 is 0 Å². The largest absolute Gasteiger partial charge is 0.460 e. The molecule has 0 radical (unpaired) electrons. The van der Waals surface area contributed by atoms with Crippen molar-refractivity contribution in [2.75, 3.05) is 13.2 Å². The van der Waals surface area contributed by atoms with Crippen molar-refractivity contribution in [1.29, 1.82) is 0 Å². The summed E-state index contributed by atoms with van der Waals surface area (Å²) in [7, 11) is 0. The van der Waals surface area contributed by atoms with Crippen LogP contribution in [-0.4, -0.2) is 48.5 Å². The molecule has 0 aromatic rings. The first-order valence-electron chi connectivity index (χ1n) is 7.61. The molecule has 3 unspecified atom stereocenters.